The zero-order chi connectivity index (χ0) is 19.4. The van der Waals surface area contributed by atoms with E-state index in [9.17, 15) is 14.4 Å². The first-order valence-corrected chi connectivity index (χ1v) is 8.94. The molecule has 0 spiro atoms. The maximum absolute atomic E-state index is 12.6. The molecule has 0 atom stereocenters. The van der Waals surface area contributed by atoms with E-state index in [2.05, 4.69) is 5.32 Å². The van der Waals surface area contributed by atoms with Crippen molar-refractivity contribution < 1.29 is 24.2 Å². The second-order valence-corrected chi connectivity index (χ2v) is 6.47. The Hall–Kier alpha value is -2.87. The molecule has 8 nitrogen and oxygen atoms in total. The molecule has 0 aliphatic carbocycles. The summed E-state index contributed by atoms with van der Waals surface area (Å²) >= 11 is 0. The number of aliphatic hydroxyl groups is 1. The summed E-state index contributed by atoms with van der Waals surface area (Å²) in [5.74, 6) is -0.878. The normalized spacial score (nSPS) is 17.6. The van der Waals surface area contributed by atoms with Crippen molar-refractivity contribution in [3.8, 4) is 0 Å². The summed E-state index contributed by atoms with van der Waals surface area (Å²) < 4.78 is 4.78. The van der Waals surface area contributed by atoms with Crippen molar-refractivity contribution in [2.75, 3.05) is 43.6 Å². The minimum absolute atomic E-state index is 0.0820. The van der Waals surface area contributed by atoms with Gasteiger partial charge in [0.05, 0.1) is 25.8 Å². The molecule has 1 fully saturated rings. The number of piperidine rings is 1. The highest BCUT2D eigenvalue weighted by Gasteiger charge is 2.34. The summed E-state index contributed by atoms with van der Waals surface area (Å²) in [6.07, 6.45) is 2.39. The molecule has 3 rings (SSSR count). The Morgan fingerprint density at radius 3 is 2.81 bits per heavy atom. The lowest BCUT2D eigenvalue weighted by Crippen LogP contribution is -2.35. The van der Waals surface area contributed by atoms with Gasteiger partial charge in [-0.25, -0.2) is 4.79 Å². The van der Waals surface area contributed by atoms with Gasteiger partial charge >= 0.3 is 5.97 Å². The molecule has 8 heteroatoms. The first kappa shape index (κ1) is 18.9. The Bertz CT molecular complexity index is 789. The smallest absolute Gasteiger partial charge is 0.337 e. The summed E-state index contributed by atoms with van der Waals surface area (Å²) in [6.45, 7) is 0.688. The standard InChI is InChI=1S/C19H23N3O5/c1-27-19(26)15-12-21(9-10-23)18(25)17(15)20-13-5-4-6-14(11-13)22-8-3-2-7-16(22)24/h4-6,11,20,23H,2-3,7-10,12H2,1H3. The van der Waals surface area contributed by atoms with E-state index in [0.717, 1.165) is 18.5 Å². The molecule has 2 aliphatic rings. The van der Waals surface area contributed by atoms with Crippen LogP contribution in [0.15, 0.2) is 35.5 Å². The van der Waals surface area contributed by atoms with Crippen LogP contribution in [0.25, 0.3) is 0 Å². The fourth-order valence-electron chi connectivity index (χ4n) is 3.32. The second kappa shape index (κ2) is 8.22. The van der Waals surface area contributed by atoms with Gasteiger partial charge in [0.25, 0.3) is 5.91 Å². The van der Waals surface area contributed by atoms with Crippen LogP contribution in [0.2, 0.25) is 0 Å². The van der Waals surface area contributed by atoms with E-state index in [-0.39, 0.29) is 42.8 Å². The molecule has 1 aromatic rings. The molecule has 2 amide bonds. The largest absolute Gasteiger partial charge is 0.466 e. The van der Waals surface area contributed by atoms with Gasteiger partial charge in [-0.2, -0.15) is 0 Å². The number of anilines is 2. The molecule has 0 unspecified atom stereocenters. The number of methoxy groups -OCH3 is 1. The number of carbonyl (C=O) groups excluding carboxylic acids is 3. The van der Waals surface area contributed by atoms with Gasteiger partial charge in [0, 0.05) is 30.9 Å². The van der Waals surface area contributed by atoms with Crippen LogP contribution in [-0.4, -0.2) is 61.1 Å². The highest BCUT2D eigenvalue weighted by molar-refractivity contribution is 6.08. The third-order valence-electron chi connectivity index (χ3n) is 4.70. The number of benzene rings is 1. The van der Waals surface area contributed by atoms with Crippen molar-refractivity contribution in [1.29, 1.82) is 0 Å². The molecule has 27 heavy (non-hydrogen) atoms. The number of aliphatic hydroxyl groups excluding tert-OH is 1. The quantitative estimate of drug-likeness (QED) is 0.718. The Morgan fingerprint density at radius 2 is 2.11 bits per heavy atom. The van der Waals surface area contributed by atoms with Gasteiger partial charge < -0.3 is 25.0 Å². The van der Waals surface area contributed by atoms with E-state index in [1.54, 1.807) is 23.1 Å². The van der Waals surface area contributed by atoms with Crippen LogP contribution in [0, 0.1) is 0 Å². The van der Waals surface area contributed by atoms with E-state index < -0.39 is 5.97 Å². The molecule has 2 heterocycles. The van der Waals surface area contributed by atoms with Gasteiger partial charge in [-0.1, -0.05) is 6.07 Å². The predicted molar refractivity (Wildman–Crippen MR) is 99.0 cm³/mol. The molecule has 1 aromatic carbocycles. The first-order valence-electron chi connectivity index (χ1n) is 8.94. The molecule has 0 bridgehead atoms. The van der Waals surface area contributed by atoms with Crippen molar-refractivity contribution in [1.82, 2.24) is 4.90 Å². The van der Waals surface area contributed by atoms with Crippen LogP contribution in [-0.2, 0) is 19.1 Å². The van der Waals surface area contributed by atoms with Gasteiger partial charge in [0.15, 0.2) is 0 Å². The van der Waals surface area contributed by atoms with E-state index in [1.807, 2.05) is 6.07 Å². The van der Waals surface area contributed by atoms with Crippen LogP contribution in [0.4, 0.5) is 11.4 Å². The van der Waals surface area contributed by atoms with Crippen molar-refractivity contribution in [2.24, 2.45) is 0 Å². The summed E-state index contributed by atoms with van der Waals surface area (Å²) in [5, 5.41) is 12.1. The second-order valence-electron chi connectivity index (χ2n) is 6.47. The number of β-amino-alcohol motifs (C(OH)–C–C–N with tert-alkyl or cyclic N) is 1. The zero-order valence-corrected chi connectivity index (χ0v) is 15.2. The average Bonchev–Trinajstić information content (AvgIpc) is 2.98. The number of esters is 1. The number of amides is 2. The number of hydrogen-bond donors (Lipinski definition) is 2. The van der Waals surface area contributed by atoms with Crippen LogP contribution in [0.5, 0.6) is 0 Å². The molecular formula is C19H23N3O5. The molecule has 2 N–H and O–H groups in total. The summed E-state index contributed by atoms with van der Waals surface area (Å²) in [6, 6.07) is 7.19. The van der Waals surface area contributed by atoms with Crippen molar-refractivity contribution in [3.05, 3.63) is 35.5 Å². The fraction of sp³-hybridized carbons (Fsp3) is 0.421. The van der Waals surface area contributed by atoms with E-state index in [0.29, 0.717) is 18.7 Å². The highest BCUT2D eigenvalue weighted by Crippen LogP contribution is 2.27. The van der Waals surface area contributed by atoms with Crippen molar-refractivity contribution in [2.45, 2.75) is 19.3 Å². The molecule has 144 valence electrons. The average molecular weight is 373 g/mol. The molecule has 0 aromatic heterocycles. The minimum atomic E-state index is -0.589. The minimum Gasteiger partial charge on any atom is -0.466 e. The number of hydrogen-bond acceptors (Lipinski definition) is 6. The number of nitrogens with zero attached hydrogens (tertiary/aromatic N) is 2. The predicted octanol–water partition coefficient (Wildman–Crippen LogP) is 0.877. The lowest BCUT2D eigenvalue weighted by molar-refractivity contribution is -0.136. The molecule has 2 aliphatic heterocycles. The molecule has 1 saturated heterocycles. The van der Waals surface area contributed by atoms with Crippen LogP contribution >= 0.6 is 0 Å². The van der Waals surface area contributed by atoms with Crippen molar-refractivity contribution >= 4 is 29.2 Å². The molecular weight excluding hydrogens is 350 g/mol. The summed E-state index contributed by atoms with van der Waals surface area (Å²) in [4.78, 5) is 39.9. The fourth-order valence-corrected chi connectivity index (χ4v) is 3.32. The van der Waals surface area contributed by atoms with Crippen molar-refractivity contribution in [3.63, 3.8) is 0 Å². The third kappa shape index (κ3) is 3.95. The van der Waals surface area contributed by atoms with E-state index in [1.165, 1.54) is 12.0 Å². The van der Waals surface area contributed by atoms with Gasteiger partial charge in [0.1, 0.15) is 5.70 Å². The number of nitrogens with one attached hydrogen (secondary N) is 1. The lowest BCUT2D eigenvalue weighted by Gasteiger charge is -2.27. The highest BCUT2D eigenvalue weighted by atomic mass is 16.5. The first-order chi connectivity index (χ1) is 13.0. The maximum atomic E-state index is 12.6. The van der Waals surface area contributed by atoms with Gasteiger partial charge in [-0.05, 0) is 31.0 Å². The van der Waals surface area contributed by atoms with Crippen LogP contribution in [0.1, 0.15) is 19.3 Å². The Morgan fingerprint density at radius 1 is 1.30 bits per heavy atom. The summed E-state index contributed by atoms with van der Waals surface area (Å²) in [7, 11) is 1.26. The summed E-state index contributed by atoms with van der Waals surface area (Å²) in [5.41, 5.74) is 1.71. The van der Waals surface area contributed by atoms with Gasteiger partial charge in [-0.15, -0.1) is 0 Å². The Balaban J connectivity index is 1.86. The SMILES string of the molecule is COC(=O)C1=C(Nc2cccc(N3CCCCC3=O)c2)C(=O)N(CCO)C1. The van der Waals surface area contributed by atoms with Crippen LogP contribution in [0.3, 0.4) is 0 Å². The van der Waals surface area contributed by atoms with E-state index in [4.69, 9.17) is 9.84 Å². The van der Waals surface area contributed by atoms with Gasteiger partial charge in [-0.3, -0.25) is 9.59 Å². The van der Waals surface area contributed by atoms with Gasteiger partial charge in [0.2, 0.25) is 5.91 Å². The lowest BCUT2D eigenvalue weighted by atomic mass is 10.1. The molecule has 0 radical (unpaired) electrons. The number of rotatable bonds is 6. The zero-order valence-electron chi connectivity index (χ0n) is 15.2. The number of ether oxygens (including phenoxy) is 1. The van der Waals surface area contributed by atoms with Crippen LogP contribution < -0.4 is 10.2 Å². The Labute approximate surface area is 157 Å². The van der Waals surface area contributed by atoms with E-state index >= 15 is 0 Å². The third-order valence-corrected chi connectivity index (χ3v) is 4.70. The maximum Gasteiger partial charge on any atom is 0.337 e. The number of carbonyl (C=O) groups is 3. The molecule has 0 saturated carbocycles. The topological polar surface area (TPSA) is 99.2 Å². The monoisotopic (exact) mass is 373 g/mol. The Kier molecular flexibility index (Phi) is 5.75.